The highest BCUT2D eigenvalue weighted by Gasteiger charge is 2.33. The number of aryl methyl sites for hydroxylation is 2. The highest BCUT2D eigenvalue weighted by Crippen LogP contribution is 2.34. The van der Waals surface area contributed by atoms with Gasteiger partial charge in [0.25, 0.3) is 11.5 Å². The molecule has 1 aliphatic rings. The third-order valence-electron chi connectivity index (χ3n) is 5.16. The number of aromatic nitrogens is 2. The normalized spacial score (nSPS) is 14.3. The van der Waals surface area contributed by atoms with Gasteiger partial charge in [-0.05, 0) is 37.5 Å². The number of nitrogens with one attached hydrogen (secondary N) is 2. The Hall–Kier alpha value is -2.88. The number of halogens is 3. The number of anilines is 1. The molecular formula is C20H19F3N4O2S. The van der Waals surface area contributed by atoms with Crippen LogP contribution < -0.4 is 16.4 Å². The summed E-state index contributed by atoms with van der Waals surface area (Å²) in [6.45, 7) is 2.26. The Morgan fingerprint density at radius 2 is 1.97 bits per heavy atom. The van der Waals surface area contributed by atoms with Gasteiger partial charge in [0.1, 0.15) is 10.7 Å². The van der Waals surface area contributed by atoms with Crippen LogP contribution in [0.1, 0.15) is 45.9 Å². The molecule has 1 amide bonds. The van der Waals surface area contributed by atoms with Crippen LogP contribution in [0.5, 0.6) is 0 Å². The number of amides is 1. The molecule has 1 aromatic carbocycles. The van der Waals surface area contributed by atoms with Gasteiger partial charge in [0, 0.05) is 13.0 Å². The molecule has 0 unspecified atom stereocenters. The van der Waals surface area contributed by atoms with E-state index in [2.05, 4.69) is 15.8 Å². The zero-order chi connectivity index (χ0) is 21.5. The summed E-state index contributed by atoms with van der Waals surface area (Å²) in [5.74, 6) is 0.0995. The minimum Gasteiger partial charge on any atom is -0.298 e. The number of hydrazine groups is 1. The molecule has 0 saturated carbocycles. The fourth-order valence-corrected chi connectivity index (χ4v) is 4.73. The van der Waals surface area contributed by atoms with Crippen molar-refractivity contribution in [3.05, 3.63) is 56.4 Å². The second-order valence-corrected chi connectivity index (χ2v) is 8.15. The maximum atomic E-state index is 13.1. The van der Waals surface area contributed by atoms with Gasteiger partial charge in [-0.25, -0.2) is 4.98 Å². The van der Waals surface area contributed by atoms with Gasteiger partial charge in [-0.3, -0.25) is 25.0 Å². The van der Waals surface area contributed by atoms with Gasteiger partial charge in [0.05, 0.1) is 21.5 Å². The molecule has 2 aromatic heterocycles. The van der Waals surface area contributed by atoms with E-state index in [0.717, 1.165) is 42.5 Å². The fourth-order valence-electron chi connectivity index (χ4n) is 3.65. The number of carbonyl (C=O) groups excluding carboxylic acids is 1. The Bertz CT molecular complexity index is 1180. The van der Waals surface area contributed by atoms with Crippen LogP contribution in [-0.2, 0) is 19.1 Å². The minimum absolute atomic E-state index is 0.167. The number of hydrogen-bond donors (Lipinski definition) is 2. The molecule has 0 aliphatic carbocycles. The summed E-state index contributed by atoms with van der Waals surface area (Å²) in [6, 6.07) is 4.87. The Kier molecular flexibility index (Phi) is 5.27. The van der Waals surface area contributed by atoms with Gasteiger partial charge in [-0.1, -0.05) is 18.6 Å². The molecule has 0 saturated heterocycles. The van der Waals surface area contributed by atoms with Crippen LogP contribution in [-0.4, -0.2) is 15.5 Å². The van der Waals surface area contributed by atoms with Gasteiger partial charge in [0.2, 0.25) is 0 Å². The third kappa shape index (κ3) is 3.67. The lowest BCUT2D eigenvalue weighted by Gasteiger charge is -2.14. The average molecular weight is 436 g/mol. The first-order valence-corrected chi connectivity index (χ1v) is 10.3. The molecule has 3 aromatic rings. The van der Waals surface area contributed by atoms with Crippen molar-refractivity contribution >= 4 is 33.1 Å². The van der Waals surface area contributed by atoms with Crippen LogP contribution in [0.15, 0.2) is 29.1 Å². The maximum Gasteiger partial charge on any atom is 0.418 e. The number of benzene rings is 1. The first-order chi connectivity index (χ1) is 14.3. The van der Waals surface area contributed by atoms with Gasteiger partial charge in [-0.15, -0.1) is 11.3 Å². The number of nitrogens with zero attached hydrogens (tertiary/aromatic N) is 2. The third-order valence-corrected chi connectivity index (χ3v) is 6.35. The van der Waals surface area contributed by atoms with Crippen LogP contribution >= 0.6 is 11.3 Å². The van der Waals surface area contributed by atoms with Crippen molar-refractivity contribution in [3.63, 3.8) is 0 Å². The quantitative estimate of drug-likeness (QED) is 0.602. The summed E-state index contributed by atoms with van der Waals surface area (Å²) in [5, 5.41) is 0.395. The van der Waals surface area contributed by atoms with Crippen molar-refractivity contribution in [1.82, 2.24) is 15.0 Å². The van der Waals surface area contributed by atoms with Crippen molar-refractivity contribution in [1.29, 1.82) is 0 Å². The van der Waals surface area contributed by atoms with Crippen molar-refractivity contribution in [2.75, 3.05) is 5.43 Å². The Morgan fingerprint density at radius 3 is 2.73 bits per heavy atom. The molecule has 0 spiro atoms. The predicted molar refractivity (Wildman–Crippen MR) is 109 cm³/mol. The lowest BCUT2D eigenvalue weighted by molar-refractivity contribution is -0.137. The molecule has 4 rings (SSSR count). The first-order valence-electron chi connectivity index (χ1n) is 9.53. The van der Waals surface area contributed by atoms with Crippen LogP contribution in [0.2, 0.25) is 0 Å². The van der Waals surface area contributed by atoms with Gasteiger partial charge >= 0.3 is 6.18 Å². The van der Waals surface area contributed by atoms with Gasteiger partial charge in [0.15, 0.2) is 0 Å². The molecule has 10 heteroatoms. The summed E-state index contributed by atoms with van der Waals surface area (Å²) >= 11 is 1.07. The van der Waals surface area contributed by atoms with E-state index in [1.807, 2.05) is 0 Å². The maximum absolute atomic E-state index is 13.1. The second-order valence-electron chi connectivity index (χ2n) is 7.15. The van der Waals surface area contributed by atoms with Crippen LogP contribution in [0.25, 0.3) is 10.2 Å². The molecule has 30 heavy (non-hydrogen) atoms. The molecule has 3 heterocycles. The van der Waals surface area contributed by atoms with E-state index in [1.54, 1.807) is 11.5 Å². The number of para-hydroxylation sites is 1. The number of fused-ring (bicyclic) bond motifs is 2. The van der Waals surface area contributed by atoms with E-state index < -0.39 is 17.6 Å². The zero-order valence-corrected chi connectivity index (χ0v) is 16.9. The van der Waals surface area contributed by atoms with Crippen molar-refractivity contribution < 1.29 is 18.0 Å². The lowest BCUT2D eigenvalue weighted by Crippen LogP contribution is -2.30. The van der Waals surface area contributed by atoms with E-state index in [0.29, 0.717) is 28.7 Å². The Balaban J connectivity index is 1.64. The topological polar surface area (TPSA) is 76.0 Å². The van der Waals surface area contributed by atoms with Crippen molar-refractivity contribution in [3.8, 4) is 0 Å². The number of carbonyl (C=O) groups is 1. The monoisotopic (exact) mass is 436 g/mol. The molecule has 0 radical (unpaired) electrons. The molecule has 0 atom stereocenters. The van der Waals surface area contributed by atoms with Crippen LogP contribution in [0.3, 0.4) is 0 Å². The predicted octanol–water partition coefficient (Wildman–Crippen LogP) is 4.27. The number of rotatable bonds is 3. The highest BCUT2D eigenvalue weighted by atomic mass is 32.1. The molecular weight excluding hydrogens is 417 g/mol. The highest BCUT2D eigenvalue weighted by molar-refractivity contribution is 7.20. The molecule has 0 bridgehead atoms. The fraction of sp³-hybridized carbons (Fsp3) is 0.350. The number of alkyl halides is 3. The van der Waals surface area contributed by atoms with Crippen LogP contribution in [0, 0.1) is 6.92 Å². The standard InChI is InChI=1S/C20H19F3N4O2S/c1-11-15-18(24-14-9-3-2-6-10-27(14)19(15)29)30-16(11)17(28)26-25-13-8-5-4-7-12(13)20(21,22)23/h4-5,7-8,25H,2-3,6,9-10H2,1H3,(H,26,28). The summed E-state index contributed by atoms with van der Waals surface area (Å²) in [7, 11) is 0. The second kappa shape index (κ2) is 7.75. The molecule has 0 fully saturated rings. The number of thiophene rings is 1. The first kappa shape index (κ1) is 20.4. The number of hydrogen-bond acceptors (Lipinski definition) is 5. The molecule has 2 N–H and O–H groups in total. The van der Waals surface area contributed by atoms with E-state index >= 15 is 0 Å². The largest absolute Gasteiger partial charge is 0.418 e. The SMILES string of the molecule is Cc1c(C(=O)NNc2ccccc2C(F)(F)F)sc2nc3n(c(=O)c12)CCCCC3. The van der Waals surface area contributed by atoms with E-state index in [-0.39, 0.29) is 16.1 Å². The van der Waals surface area contributed by atoms with Crippen LogP contribution in [0.4, 0.5) is 18.9 Å². The molecule has 158 valence electrons. The molecule has 6 nitrogen and oxygen atoms in total. The van der Waals surface area contributed by atoms with Gasteiger partial charge < -0.3 is 0 Å². The van der Waals surface area contributed by atoms with E-state index in [9.17, 15) is 22.8 Å². The smallest absolute Gasteiger partial charge is 0.298 e. The summed E-state index contributed by atoms with van der Waals surface area (Å²) in [4.78, 5) is 31.0. The van der Waals surface area contributed by atoms with Crippen molar-refractivity contribution in [2.45, 2.75) is 45.3 Å². The van der Waals surface area contributed by atoms with Crippen molar-refractivity contribution in [2.24, 2.45) is 0 Å². The summed E-state index contributed by atoms with van der Waals surface area (Å²) in [5.41, 5.74) is 3.83. The lowest BCUT2D eigenvalue weighted by atomic mass is 10.2. The minimum atomic E-state index is -4.56. The summed E-state index contributed by atoms with van der Waals surface area (Å²) in [6.07, 6.45) is -0.955. The van der Waals surface area contributed by atoms with E-state index in [1.165, 1.54) is 18.2 Å². The summed E-state index contributed by atoms with van der Waals surface area (Å²) < 4.78 is 41.0. The Labute approximate surface area is 173 Å². The average Bonchev–Trinajstić information content (AvgIpc) is 2.87. The van der Waals surface area contributed by atoms with Gasteiger partial charge in [-0.2, -0.15) is 13.2 Å². The Morgan fingerprint density at radius 1 is 1.20 bits per heavy atom. The van der Waals surface area contributed by atoms with E-state index in [4.69, 9.17) is 0 Å². The molecule has 1 aliphatic heterocycles. The zero-order valence-electron chi connectivity index (χ0n) is 16.1.